The van der Waals surface area contributed by atoms with Gasteiger partial charge in [0.05, 0.1) is 19.8 Å². The minimum atomic E-state index is 0.103. The molecule has 1 fully saturated rings. The zero-order chi connectivity index (χ0) is 14.5. The zero-order valence-electron chi connectivity index (χ0n) is 11.5. The van der Waals surface area contributed by atoms with Crippen LogP contribution in [0.1, 0.15) is 5.56 Å². The van der Waals surface area contributed by atoms with E-state index in [0.717, 1.165) is 5.56 Å². The molecule has 0 aliphatic carbocycles. The van der Waals surface area contributed by atoms with Crippen LogP contribution >= 0.6 is 11.6 Å². The summed E-state index contributed by atoms with van der Waals surface area (Å²) in [5.74, 6) is 0.247. The Bertz CT molecular complexity index is 475. The highest BCUT2D eigenvalue weighted by atomic mass is 35.5. The van der Waals surface area contributed by atoms with Crippen molar-refractivity contribution in [1.29, 1.82) is 0 Å². The smallest absolute Gasteiger partial charge is 0.236 e. The van der Waals surface area contributed by atoms with Gasteiger partial charge in [-0.15, -0.1) is 0 Å². The molecule has 1 heterocycles. The molecule has 0 radical (unpaired) electrons. The van der Waals surface area contributed by atoms with Crippen molar-refractivity contribution in [2.45, 2.75) is 6.54 Å². The van der Waals surface area contributed by atoms with Crippen molar-refractivity contribution < 1.29 is 14.6 Å². The minimum Gasteiger partial charge on any atom is -0.508 e. The van der Waals surface area contributed by atoms with Crippen molar-refractivity contribution in [2.75, 3.05) is 39.9 Å². The lowest BCUT2D eigenvalue weighted by Crippen LogP contribution is -2.44. The number of morpholine rings is 1. The molecule has 0 unspecified atom stereocenters. The van der Waals surface area contributed by atoms with Gasteiger partial charge in [-0.05, 0) is 24.7 Å². The van der Waals surface area contributed by atoms with Gasteiger partial charge in [0.1, 0.15) is 5.75 Å². The number of nitrogens with zero attached hydrogens (tertiary/aromatic N) is 2. The number of benzene rings is 1. The van der Waals surface area contributed by atoms with Crippen LogP contribution in [0.2, 0.25) is 5.02 Å². The summed E-state index contributed by atoms with van der Waals surface area (Å²) in [6.45, 7) is 3.45. The normalized spacial score (nSPS) is 15.7. The van der Waals surface area contributed by atoms with Gasteiger partial charge in [0, 0.05) is 24.7 Å². The number of rotatable bonds is 4. The summed E-state index contributed by atoms with van der Waals surface area (Å²) in [5, 5.41) is 9.83. The van der Waals surface area contributed by atoms with Crippen LogP contribution in [0.3, 0.4) is 0 Å². The number of phenolic OH excluding ortho intramolecular Hbond substituents is 1. The number of aromatic hydroxyl groups is 1. The van der Waals surface area contributed by atoms with Crippen molar-refractivity contribution in [3.8, 4) is 5.75 Å². The van der Waals surface area contributed by atoms with E-state index in [9.17, 15) is 9.90 Å². The summed E-state index contributed by atoms with van der Waals surface area (Å²) in [5.41, 5.74) is 0.891. The van der Waals surface area contributed by atoms with Crippen LogP contribution < -0.4 is 0 Å². The van der Waals surface area contributed by atoms with Gasteiger partial charge in [0.2, 0.25) is 5.91 Å². The molecule has 6 heteroatoms. The molecular weight excluding hydrogens is 280 g/mol. The maximum Gasteiger partial charge on any atom is 0.236 e. The Morgan fingerprint density at radius 2 is 2.15 bits per heavy atom. The molecule has 0 aromatic heterocycles. The Morgan fingerprint density at radius 1 is 1.45 bits per heavy atom. The molecule has 20 heavy (non-hydrogen) atoms. The summed E-state index contributed by atoms with van der Waals surface area (Å²) in [4.78, 5) is 15.8. The van der Waals surface area contributed by atoms with Gasteiger partial charge in [-0.1, -0.05) is 17.7 Å². The third-order valence-corrected chi connectivity index (χ3v) is 3.60. The Morgan fingerprint density at radius 3 is 2.80 bits per heavy atom. The lowest BCUT2D eigenvalue weighted by Gasteiger charge is -2.28. The number of hydrogen-bond acceptors (Lipinski definition) is 4. The Labute approximate surface area is 123 Å². The van der Waals surface area contributed by atoms with Gasteiger partial charge in [0.15, 0.2) is 0 Å². The molecule has 1 aliphatic heterocycles. The lowest BCUT2D eigenvalue weighted by molar-refractivity contribution is -0.136. The van der Waals surface area contributed by atoms with Gasteiger partial charge in [-0.25, -0.2) is 0 Å². The van der Waals surface area contributed by atoms with Crippen LogP contribution in [0.15, 0.2) is 18.2 Å². The number of halogens is 1. The molecule has 1 aliphatic rings. The maximum atomic E-state index is 12.1. The van der Waals surface area contributed by atoms with Gasteiger partial charge >= 0.3 is 0 Å². The second-order valence-corrected chi connectivity index (χ2v) is 5.35. The average Bonchev–Trinajstić information content (AvgIpc) is 2.43. The third kappa shape index (κ3) is 4.10. The van der Waals surface area contributed by atoms with Gasteiger partial charge in [0.25, 0.3) is 0 Å². The second-order valence-electron chi connectivity index (χ2n) is 4.94. The minimum absolute atomic E-state index is 0.103. The van der Waals surface area contributed by atoms with Crippen LogP contribution in [0.25, 0.3) is 0 Å². The van der Waals surface area contributed by atoms with Gasteiger partial charge in [-0.2, -0.15) is 0 Å². The van der Waals surface area contributed by atoms with E-state index in [1.54, 1.807) is 12.1 Å². The number of carbonyl (C=O) groups excluding carboxylic acids is 1. The van der Waals surface area contributed by atoms with Gasteiger partial charge in [-0.3, -0.25) is 9.69 Å². The lowest BCUT2D eigenvalue weighted by atomic mass is 10.2. The van der Waals surface area contributed by atoms with E-state index in [1.807, 2.05) is 16.8 Å². The number of carbonyl (C=O) groups is 1. The monoisotopic (exact) mass is 298 g/mol. The maximum absolute atomic E-state index is 12.1. The van der Waals surface area contributed by atoms with E-state index in [1.165, 1.54) is 6.07 Å². The molecule has 1 aromatic rings. The average molecular weight is 299 g/mol. The topological polar surface area (TPSA) is 53.0 Å². The van der Waals surface area contributed by atoms with Crippen LogP contribution in [-0.4, -0.2) is 60.7 Å². The van der Waals surface area contributed by atoms with E-state index in [-0.39, 0.29) is 11.7 Å². The van der Waals surface area contributed by atoms with E-state index in [0.29, 0.717) is 44.4 Å². The van der Waals surface area contributed by atoms with Crippen LogP contribution in [0, 0.1) is 0 Å². The van der Waals surface area contributed by atoms with Crippen LogP contribution in [-0.2, 0) is 16.1 Å². The largest absolute Gasteiger partial charge is 0.508 e. The molecular formula is C14H19ClN2O3. The molecule has 110 valence electrons. The highest BCUT2D eigenvalue weighted by Gasteiger charge is 2.18. The first-order chi connectivity index (χ1) is 9.56. The first-order valence-electron chi connectivity index (χ1n) is 6.57. The van der Waals surface area contributed by atoms with Crippen molar-refractivity contribution in [3.05, 3.63) is 28.8 Å². The van der Waals surface area contributed by atoms with Crippen molar-refractivity contribution in [2.24, 2.45) is 0 Å². The van der Waals surface area contributed by atoms with Gasteiger partial charge < -0.3 is 14.7 Å². The van der Waals surface area contributed by atoms with Crippen LogP contribution in [0.4, 0.5) is 0 Å². The highest BCUT2D eigenvalue weighted by Crippen LogP contribution is 2.22. The Balaban J connectivity index is 1.88. The molecule has 5 nitrogen and oxygen atoms in total. The summed E-state index contributed by atoms with van der Waals surface area (Å²) in [7, 11) is 1.88. The molecule has 0 saturated carbocycles. The van der Waals surface area contributed by atoms with Crippen LogP contribution in [0.5, 0.6) is 5.75 Å². The number of amides is 1. The predicted molar refractivity (Wildman–Crippen MR) is 76.8 cm³/mol. The fraction of sp³-hybridized carbons (Fsp3) is 0.500. The summed E-state index contributed by atoms with van der Waals surface area (Å²) in [6, 6.07) is 4.88. The SMILES string of the molecule is CN(CC(=O)N1CCOCC1)Cc1ccc(O)cc1Cl. The summed E-state index contributed by atoms with van der Waals surface area (Å²) < 4.78 is 5.23. The molecule has 1 saturated heterocycles. The number of likely N-dealkylation sites (N-methyl/N-ethyl adjacent to an activating group) is 1. The molecule has 1 amide bonds. The van der Waals surface area contributed by atoms with Crippen molar-refractivity contribution in [3.63, 3.8) is 0 Å². The summed E-state index contributed by atoms with van der Waals surface area (Å²) >= 11 is 6.06. The standard InChI is InChI=1S/C14H19ClN2O3/c1-16(9-11-2-3-12(18)8-13(11)15)10-14(19)17-4-6-20-7-5-17/h2-3,8,18H,4-7,9-10H2,1H3. The second kappa shape index (κ2) is 6.92. The Kier molecular flexibility index (Phi) is 5.23. The van der Waals surface area contributed by atoms with E-state index < -0.39 is 0 Å². The molecule has 0 spiro atoms. The van der Waals surface area contributed by atoms with Crippen molar-refractivity contribution in [1.82, 2.24) is 9.80 Å². The Hall–Kier alpha value is -1.30. The first-order valence-corrected chi connectivity index (χ1v) is 6.95. The fourth-order valence-corrected chi connectivity index (χ4v) is 2.39. The molecule has 2 rings (SSSR count). The third-order valence-electron chi connectivity index (χ3n) is 3.25. The van der Waals surface area contributed by atoms with E-state index >= 15 is 0 Å². The zero-order valence-corrected chi connectivity index (χ0v) is 12.3. The molecule has 1 N–H and O–H groups in total. The molecule has 0 atom stereocenters. The number of phenols is 1. The summed E-state index contributed by atoms with van der Waals surface area (Å²) in [6.07, 6.45) is 0. The van der Waals surface area contributed by atoms with E-state index in [4.69, 9.17) is 16.3 Å². The van der Waals surface area contributed by atoms with E-state index in [2.05, 4.69) is 0 Å². The number of ether oxygens (including phenoxy) is 1. The predicted octanol–water partition coefficient (Wildman–Crippen LogP) is 1.34. The van der Waals surface area contributed by atoms with Crippen molar-refractivity contribution >= 4 is 17.5 Å². The molecule has 0 bridgehead atoms. The number of hydrogen-bond donors (Lipinski definition) is 1. The first kappa shape index (κ1) is 15.1. The molecule has 1 aromatic carbocycles. The fourth-order valence-electron chi connectivity index (χ4n) is 2.15. The quantitative estimate of drug-likeness (QED) is 0.911. The highest BCUT2D eigenvalue weighted by molar-refractivity contribution is 6.31.